The Kier molecular flexibility index (Phi) is 2.83. The number of amides is 1. The zero-order valence-electron chi connectivity index (χ0n) is 11.1. The summed E-state index contributed by atoms with van der Waals surface area (Å²) in [4.78, 5) is 29.1. The van der Waals surface area contributed by atoms with E-state index in [1.54, 1.807) is 29.8 Å². The molecule has 0 atom stereocenters. The quantitative estimate of drug-likeness (QED) is 0.779. The van der Waals surface area contributed by atoms with Crippen molar-refractivity contribution in [2.75, 3.05) is 12.1 Å². The van der Waals surface area contributed by atoms with Gasteiger partial charge < -0.3 is 14.8 Å². The van der Waals surface area contributed by atoms with Crippen LogP contribution in [0.4, 0.5) is 5.69 Å². The third kappa shape index (κ3) is 2.01. The zero-order chi connectivity index (χ0) is 15.1. The van der Waals surface area contributed by atoms with Crippen molar-refractivity contribution in [2.45, 2.75) is 0 Å². The number of carbonyl (C=O) groups excluding carboxylic acids is 1. The van der Waals surface area contributed by atoms with E-state index in [1.165, 1.54) is 21.9 Å². The van der Waals surface area contributed by atoms with Crippen LogP contribution in [-0.4, -0.2) is 22.1 Å². The molecule has 3 heterocycles. The largest absolute Gasteiger partial charge is 0.454 e. The van der Waals surface area contributed by atoms with Crippen molar-refractivity contribution in [1.82, 2.24) is 9.38 Å². The van der Waals surface area contributed by atoms with Crippen LogP contribution in [0.25, 0.3) is 4.96 Å². The molecule has 7 nitrogen and oxygen atoms in total. The molecule has 0 bridgehead atoms. The van der Waals surface area contributed by atoms with E-state index >= 15 is 0 Å². The van der Waals surface area contributed by atoms with Crippen LogP contribution >= 0.6 is 11.3 Å². The number of anilines is 1. The first kappa shape index (κ1) is 12.8. The van der Waals surface area contributed by atoms with E-state index in [-0.39, 0.29) is 12.4 Å². The molecule has 8 heteroatoms. The lowest BCUT2D eigenvalue weighted by atomic mass is 10.2. The summed E-state index contributed by atoms with van der Waals surface area (Å²) in [5.74, 6) is 0.664. The predicted octanol–water partition coefficient (Wildman–Crippen LogP) is 1.74. The highest BCUT2D eigenvalue weighted by molar-refractivity contribution is 7.15. The summed E-state index contributed by atoms with van der Waals surface area (Å²) in [6, 6.07) is 5.03. The van der Waals surface area contributed by atoms with Gasteiger partial charge in [0, 0.05) is 29.5 Å². The Labute approximate surface area is 127 Å². The van der Waals surface area contributed by atoms with E-state index in [1.807, 2.05) is 0 Å². The van der Waals surface area contributed by atoms with Crippen molar-refractivity contribution in [3.8, 4) is 11.5 Å². The second-order valence-corrected chi connectivity index (χ2v) is 5.43. The number of aromatic nitrogens is 2. The van der Waals surface area contributed by atoms with Crippen LogP contribution in [0.5, 0.6) is 11.5 Å². The summed E-state index contributed by atoms with van der Waals surface area (Å²) >= 11 is 1.33. The third-order valence-corrected chi connectivity index (χ3v) is 3.99. The van der Waals surface area contributed by atoms with Gasteiger partial charge >= 0.3 is 0 Å². The highest BCUT2D eigenvalue weighted by Crippen LogP contribution is 2.34. The van der Waals surface area contributed by atoms with E-state index < -0.39 is 11.5 Å². The number of fused-ring (bicyclic) bond motifs is 2. The van der Waals surface area contributed by atoms with Gasteiger partial charge in [0.05, 0.1) is 0 Å². The second kappa shape index (κ2) is 4.85. The lowest BCUT2D eigenvalue weighted by Gasteiger charge is -2.05. The molecule has 0 unspecified atom stereocenters. The monoisotopic (exact) mass is 315 g/mol. The van der Waals surface area contributed by atoms with E-state index in [0.29, 0.717) is 22.1 Å². The summed E-state index contributed by atoms with van der Waals surface area (Å²) in [5.41, 5.74) is 0.0992. The van der Waals surface area contributed by atoms with Crippen LogP contribution in [0.3, 0.4) is 0 Å². The molecular formula is C14H9N3O4S. The number of thiazole rings is 1. The van der Waals surface area contributed by atoms with Gasteiger partial charge in [-0.1, -0.05) is 0 Å². The van der Waals surface area contributed by atoms with Gasteiger partial charge in [-0.3, -0.25) is 14.0 Å². The Morgan fingerprint density at radius 1 is 1.32 bits per heavy atom. The summed E-state index contributed by atoms with van der Waals surface area (Å²) in [7, 11) is 0. The molecule has 22 heavy (non-hydrogen) atoms. The predicted molar refractivity (Wildman–Crippen MR) is 79.9 cm³/mol. The molecule has 1 N–H and O–H groups in total. The van der Waals surface area contributed by atoms with E-state index in [4.69, 9.17) is 9.47 Å². The van der Waals surface area contributed by atoms with Gasteiger partial charge in [0.15, 0.2) is 16.5 Å². The molecule has 1 aromatic carbocycles. The first-order valence-corrected chi connectivity index (χ1v) is 7.26. The molecule has 1 aliphatic heterocycles. The van der Waals surface area contributed by atoms with Crippen LogP contribution in [0.2, 0.25) is 0 Å². The van der Waals surface area contributed by atoms with Crippen molar-refractivity contribution < 1.29 is 14.3 Å². The molecule has 0 fully saturated rings. The Bertz CT molecular complexity index is 947. The number of nitrogens with zero attached hydrogens (tertiary/aromatic N) is 2. The minimum absolute atomic E-state index is 0.0198. The molecule has 3 aromatic rings. The van der Waals surface area contributed by atoms with Crippen molar-refractivity contribution in [1.29, 1.82) is 0 Å². The molecule has 0 saturated carbocycles. The van der Waals surface area contributed by atoms with Gasteiger partial charge in [-0.25, -0.2) is 4.98 Å². The Morgan fingerprint density at radius 3 is 3.09 bits per heavy atom. The van der Waals surface area contributed by atoms with Gasteiger partial charge in [-0.15, -0.1) is 11.3 Å². The van der Waals surface area contributed by atoms with Gasteiger partial charge in [0.2, 0.25) is 6.79 Å². The molecule has 0 aliphatic carbocycles. The topological polar surface area (TPSA) is 81.9 Å². The van der Waals surface area contributed by atoms with E-state index in [0.717, 1.165) is 0 Å². The van der Waals surface area contributed by atoms with Crippen molar-refractivity contribution in [3.63, 3.8) is 0 Å². The normalized spacial score (nSPS) is 12.5. The maximum Gasteiger partial charge on any atom is 0.271 e. The number of rotatable bonds is 2. The molecule has 2 aromatic heterocycles. The number of hydrogen-bond donors (Lipinski definition) is 1. The lowest BCUT2D eigenvalue weighted by Crippen LogP contribution is -2.25. The first-order valence-electron chi connectivity index (χ1n) is 6.38. The average Bonchev–Trinajstić information content (AvgIpc) is 3.15. The summed E-state index contributed by atoms with van der Waals surface area (Å²) in [6.07, 6.45) is 2.88. The first-order chi connectivity index (χ1) is 10.7. The number of ether oxygens (including phenoxy) is 2. The van der Waals surface area contributed by atoms with Crippen LogP contribution in [0, 0.1) is 0 Å². The number of hydrogen-bond acceptors (Lipinski definition) is 6. The number of benzene rings is 1. The molecule has 1 amide bonds. The summed E-state index contributed by atoms with van der Waals surface area (Å²) < 4.78 is 11.8. The van der Waals surface area contributed by atoms with Crippen LogP contribution < -0.4 is 20.3 Å². The van der Waals surface area contributed by atoms with Crippen molar-refractivity contribution in [2.24, 2.45) is 0 Å². The van der Waals surface area contributed by atoms with E-state index in [2.05, 4.69) is 10.3 Å². The summed E-state index contributed by atoms with van der Waals surface area (Å²) in [5, 5.41) is 4.40. The Morgan fingerprint density at radius 2 is 2.18 bits per heavy atom. The highest BCUT2D eigenvalue weighted by atomic mass is 32.1. The maximum atomic E-state index is 12.3. The van der Waals surface area contributed by atoms with Crippen molar-refractivity contribution in [3.05, 3.63) is 51.9 Å². The van der Waals surface area contributed by atoms with Gasteiger partial charge in [0.1, 0.15) is 5.56 Å². The Balaban J connectivity index is 1.66. The van der Waals surface area contributed by atoms with E-state index in [9.17, 15) is 9.59 Å². The standard InChI is InChI=1S/C14H9N3O4S/c18-12(9-6-15-14-17(13(9)19)3-4-22-14)16-8-1-2-10-11(5-8)21-7-20-10/h1-6H,7H2,(H,16,18). The molecule has 0 saturated heterocycles. The fraction of sp³-hybridized carbons (Fsp3) is 0.0714. The molecule has 1 aliphatic rings. The van der Waals surface area contributed by atoms with Crippen LogP contribution in [0.15, 0.2) is 40.8 Å². The van der Waals surface area contributed by atoms with Crippen LogP contribution in [-0.2, 0) is 0 Å². The minimum Gasteiger partial charge on any atom is -0.454 e. The lowest BCUT2D eigenvalue weighted by molar-refractivity contribution is 0.102. The fourth-order valence-electron chi connectivity index (χ4n) is 2.15. The maximum absolute atomic E-state index is 12.3. The fourth-order valence-corrected chi connectivity index (χ4v) is 2.83. The molecule has 4 rings (SSSR count). The summed E-state index contributed by atoms with van der Waals surface area (Å²) in [6.45, 7) is 0.160. The number of carbonyl (C=O) groups is 1. The van der Waals surface area contributed by atoms with Crippen LogP contribution in [0.1, 0.15) is 10.4 Å². The van der Waals surface area contributed by atoms with Gasteiger partial charge in [-0.2, -0.15) is 0 Å². The molecule has 0 radical (unpaired) electrons. The molecule has 0 spiro atoms. The molecular weight excluding hydrogens is 306 g/mol. The highest BCUT2D eigenvalue weighted by Gasteiger charge is 2.17. The van der Waals surface area contributed by atoms with Gasteiger partial charge in [-0.05, 0) is 12.1 Å². The minimum atomic E-state index is -0.517. The van der Waals surface area contributed by atoms with Crippen molar-refractivity contribution >= 4 is 27.9 Å². The number of nitrogens with one attached hydrogen (secondary N) is 1. The second-order valence-electron chi connectivity index (χ2n) is 4.55. The molecule has 110 valence electrons. The Hall–Kier alpha value is -2.87. The zero-order valence-corrected chi connectivity index (χ0v) is 11.9. The third-order valence-electron chi connectivity index (χ3n) is 3.22. The average molecular weight is 315 g/mol. The SMILES string of the molecule is O=C(Nc1ccc2c(c1)OCO2)c1cnc2sccn2c1=O. The van der Waals surface area contributed by atoms with Gasteiger partial charge in [0.25, 0.3) is 11.5 Å². The smallest absolute Gasteiger partial charge is 0.271 e.